The van der Waals surface area contributed by atoms with Crippen LogP contribution in [0, 0.1) is 0 Å². The molecule has 1 aliphatic rings. The minimum atomic E-state index is -3.74. The Hall–Kier alpha value is -1.11. The molecule has 0 spiro atoms. The van der Waals surface area contributed by atoms with Gasteiger partial charge in [0.25, 0.3) is 0 Å². The Labute approximate surface area is 155 Å². The molecule has 0 aliphatic heterocycles. The van der Waals surface area contributed by atoms with Crippen molar-refractivity contribution in [3.05, 3.63) is 29.3 Å². The number of hydrogen-bond donors (Lipinski definition) is 1. The Morgan fingerprint density at radius 2 is 1.84 bits per heavy atom. The van der Waals surface area contributed by atoms with Gasteiger partial charge in [-0.05, 0) is 50.5 Å². The largest absolute Gasteiger partial charge is 0.353 e. The molecule has 0 bridgehead atoms. The number of carbonyl (C=O) groups excluding carboxylic acids is 1. The van der Waals surface area contributed by atoms with Crippen LogP contribution in [0.1, 0.15) is 52.4 Å². The van der Waals surface area contributed by atoms with Gasteiger partial charge in [0.15, 0.2) is 0 Å². The summed E-state index contributed by atoms with van der Waals surface area (Å²) < 4.78 is 27.7. The van der Waals surface area contributed by atoms with Crippen LogP contribution in [0.4, 0.5) is 0 Å². The first-order valence-electron chi connectivity index (χ1n) is 8.91. The summed E-state index contributed by atoms with van der Waals surface area (Å²) in [5.74, 6) is -0.252. The molecule has 1 saturated carbocycles. The third-order valence-corrected chi connectivity index (χ3v) is 6.89. The number of rotatable bonds is 7. The molecule has 1 atom stereocenters. The molecule has 1 amide bonds. The molecular formula is C18H27ClN2O3S. The lowest BCUT2D eigenvalue weighted by molar-refractivity contribution is -0.122. The van der Waals surface area contributed by atoms with E-state index in [1.165, 1.54) is 16.4 Å². The molecule has 0 heterocycles. The topological polar surface area (TPSA) is 66.5 Å². The average molecular weight is 387 g/mol. The predicted octanol–water partition coefficient (Wildman–Crippen LogP) is 3.58. The quantitative estimate of drug-likeness (QED) is 0.778. The van der Waals surface area contributed by atoms with Gasteiger partial charge in [-0.25, -0.2) is 8.42 Å². The molecule has 5 nitrogen and oxygen atoms in total. The van der Waals surface area contributed by atoms with E-state index in [9.17, 15) is 13.2 Å². The summed E-state index contributed by atoms with van der Waals surface area (Å²) in [6, 6.07) is 6.02. The third-order valence-electron chi connectivity index (χ3n) is 4.72. The monoisotopic (exact) mass is 386 g/mol. The van der Waals surface area contributed by atoms with Gasteiger partial charge < -0.3 is 5.32 Å². The first-order chi connectivity index (χ1) is 11.8. The van der Waals surface area contributed by atoms with Crippen LogP contribution in [0.5, 0.6) is 0 Å². The van der Waals surface area contributed by atoms with Gasteiger partial charge in [0.05, 0.1) is 11.4 Å². The SMILES string of the molecule is CCC(C)NC(=O)CN(C1CCCCC1)S(=O)(=O)c1ccc(Cl)cc1. The van der Waals surface area contributed by atoms with Gasteiger partial charge in [-0.1, -0.05) is 37.8 Å². The normalized spacial score (nSPS) is 17.4. The first-order valence-corrected chi connectivity index (χ1v) is 10.7. The van der Waals surface area contributed by atoms with Crippen molar-refractivity contribution >= 4 is 27.5 Å². The predicted molar refractivity (Wildman–Crippen MR) is 100 cm³/mol. The van der Waals surface area contributed by atoms with Crippen LogP contribution in [0.25, 0.3) is 0 Å². The summed E-state index contributed by atoms with van der Waals surface area (Å²) in [4.78, 5) is 12.5. The van der Waals surface area contributed by atoms with Crippen LogP contribution in [0.2, 0.25) is 5.02 Å². The molecule has 2 rings (SSSR count). The zero-order chi connectivity index (χ0) is 18.4. The molecule has 7 heteroatoms. The number of halogens is 1. The lowest BCUT2D eigenvalue weighted by Crippen LogP contribution is -2.48. The Kier molecular flexibility index (Phi) is 7.28. The molecule has 1 N–H and O–H groups in total. The standard InChI is InChI=1S/C18H27ClN2O3S/c1-3-14(2)20-18(22)13-21(16-7-5-4-6-8-16)25(23,24)17-11-9-15(19)10-12-17/h9-12,14,16H,3-8,13H2,1-2H3,(H,20,22). The van der Waals surface area contributed by atoms with Gasteiger partial charge in [-0.2, -0.15) is 4.31 Å². The molecule has 1 aliphatic carbocycles. The van der Waals surface area contributed by atoms with E-state index in [1.807, 2.05) is 13.8 Å². The van der Waals surface area contributed by atoms with Crippen LogP contribution in [-0.4, -0.2) is 37.3 Å². The summed E-state index contributed by atoms with van der Waals surface area (Å²) in [5, 5.41) is 3.35. The van der Waals surface area contributed by atoms with Crippen molar-refractivity contribution in [3.8, 4) is 0 Å². The van der Waals surface area contributed by atoms with Gasteiger partial charge in [-0.15, -0.1) is 0 Å². The van der Waals surface area contributed by atoms with Crippen molar-refractivity contribution in [2.75, 3.05) is 6.54 Å². The number of carbonyl (C=O) groups is 1. The van der Waals surface area contributed by atoms with Crippen molar-refractivity contribution in [1.82, 2.24) is 9.62 Å². The molecule has 1 aromatic rings. The van der Waals surface area contributed by atoms with Gasteiger partial charge in [0.2, 0.25) is 15.9 Å². The zero-order valence-corrected chi connectivity index (χ0v) is 16.4. The maximum absolute atomic E-state index is 13.1. The Morgan fingerprint density at radius 1 is 1.24 bits per heavy atom. The Morgan fingerprint density at radius 3 is 2.40 bits per heavy atom. The van der Waals surface area contributed by atoms with Crippen molar-refractivity contribution in [2.24, 2.45) is 0 Å². The van der Waals surface area contributed by atoms with E-state index in [1.54, 1.807) is 12.1 Å². The van der Waals surface area contributed by atoms with E-state index in [-0.39, 0.29) is 29.4 Å². The highest BCUT2D eigenvalue weighted by atomic mass is 35.5. The molecule has 1 unspecified atom stereocenters. The van der Waals surface area contributed by atoms with E-state index in [0.717, 1.165) is 38.5 Å². The number of amides is 1. The number of hydrogen-bond acceptors (Lipinski definition) is 3. The summed E-state index contributed by atoms with van der Waals surface area (Å²) in [5.41, 5.74) is 0. The first kappa shape index (κ1) is 20.2. The van der Waals surface area contributed by atoms with Gasteiger partial charge in [-0.3, -0.25) is 4.79 Å². The van der Waals surface area contributed by atoms with Crippen molar-refractivity contribution in [1.29, 1.82) is 0 Å². The molecule has 0 saturated heterocycles. The molecular weight excluding hydrogens is 360 g/mol. The summed E-state index contributed by atoms with van der Waals surface area (Å²) in [7, 11) is -3.74. The second-order valence-electron chi connectivity index (χ2n) is 6.67. The van der Waals surface area contributed by atoms with Crippen LogP contribution in [0.3, 0.4) is 0 Å². The minimum absolute atomic E-state index is 0.0268. The maximum atomic E-state index is 13.1. The number of sulfonamides is 1. The molecule has 25 heavy (non-hydrogen) atoms. The van der Waals surface area contributed by atoms with Crippen molar-refractivity contribution in [3.63, 3.8) is 0 Å². The summed E-state index contributed by atoms with van der Waals surface area (Å²) >= 11 is 5.88. The van der Waals surface area contributed by atoms with Gasteiger partial charge >= 0.3 is 0 Å². The molecule has 140 valence electrons. The molecule has 0 radical (unpaired) electrons. The average Bonchev–Trinajstić information content (AvgIpc) is 2.60. The van der Waals surface area contributed by atoms with Gasteiger partial charge in [0, 0.05) is 17.1 Å². The Balaban J connectivity index is 2.26. The molecule has 1 fully saturated rings. The van der Waals surface area contributed by atoms with Crippen LogP contribution in [0.15, 0.2) is 29.2 Å². The fraction of sp³-hybridized carbons (Fsp3) is 0.611. The summed E-state index contributed by atoms with van der Waals surface area (Å²) in [6.45, 7) is 3.75. The highest BCUT2D eigenvalue weighted by Gasteiger charge is 2.34. The Bertz CT molecular complexity index is 670. The fourth-order valence-electron chi connectivity index (χ4n) is 3.09. The smallest absolute Gasteiger partial charge is 0.243 e. The second kappa shape index (κ2) is 9.01. The highest BCUT2D eigenvalue weighted by Crippen LogP contribution is 2.28. The second-order valence-corrected chi connectivity index (χ2v) is 9.00. The lowest BCUT2D eigenvalue weighted by Gasteiger charge is -2.33. The lowest BCUT2D eigenvalue weighted by atomic mass is 9.95. The van der Waals surface area contributed by atoms with E-state index in [2.05, 4.69) is 5.32 Å². The highest BCUT2D eigenvalue weighted by molar-refractivity contribution is 7.89. The number of nitrogens with one attached hydrogen (secondary N) is 1. The van der Waals surface area contributed by atoms with Gasteiger partial charge in [0.1, 0.15) is 0 Å². The van der Waals surface area contributed by atoms with Crippen LogP contribution in [-0.2, 0) is 14.8 Å². The van der Waals surface area contributed by atoms with E-state index >= 15 is 0 Å². The van der Waals surface area contributed by atoms with Crippen molar-refractivity contribution < 1.29 is 13.2 Å². The van der Waals surface area contributed by atoms with Crippen LogP contribution >= 0.6 is 11.6 Å². The van der Waals surface area contributed by atoms with E-state index < -0.39 is 10.0 Å². The third kappa shape index (κ3) is 5.43. The fourth-order valence-corrected chi connectivity index (χ4v) is 4.85. The number of nitrogens with zero attached hydrogens (tertiary/aromatic N) is 1. The minimum Gasteiger partial charge on any atom is -0.353 e. The zero-order valence-electron chi connectivity index (χ0n) is 14.9. The number of benzene rings is 1. The van der Waals surface area contributed by atoms with Crippen molar-refractivity contribution in [2.45, 2.75) is 69.4 Å². The van der Waals surface area contributed by atoms with E-state index in [4.69, 9.17) is 11.6 Å². The summed E-state index contributed by atoms with van der Waals surface area (Å²) in [6.07, 6.45) is 5.49. The maximum Gasteiger partial charge on any atom is 0.243 e. The van der Waals surface area contributed by atoms with E-state index in [0.29, 0.717) is 5.02 Å². The van der Waals surface area contributed by atoms with Crippen LogP contribution < -0.4 is 5.32 Å². The molecule has 1 aromatic carbocycles. The molecule has 0 aromatic heterocycles.